The summed E-state index contributed by atoms with van der Waals surface area (Å²) in [5, 5.41) is 2.62. The second-order valence-corrected chi connectivity index (χ2v) is 3.73. The van der Waals surface area contributed by atoms with E-state index in [4.69, 9.17) is 0 Å². The van der Waals surface area contributed by atoms with Crippen LogP contribution in [0, 0.1) is 5.82 Å². The summed E-state index contributed by atoms with van der Waals surface area (Å²) >= 11 is 0. The topological polar surface area (TPSA) is 29.1 Å². The fraction of sp³-hybridized carbons (Fsp3) is 0. The molecule has 2 nitrogen and oxygen atoms in total. The Labute approximate surface area is 105 Å². The van der Waals surface area contributed by atoms with Gasteiger partial charge in [-0.25, -0.2) is 4.39 Å². The number of carbonyl (C=O) groups excluding carboxylic acids is 1. The zero-order valence-electron chi connectivity index (χ0n) is 9.64. The van der Waals surface area contributed by atoms with Crippen molar-refractivity contribution in [2.75, 3.05) is 0 Å². The molecule has 0 fully saturated rings. The number of nitrogens with one attached hydrogen (secondary N) is 1. The van der Waals surface area contributed by atoms with Gasteiger partial charge in [0.25, 0.3) is 5.91 Å². The van der Waals surface area contributed by atoms with Crippen molar-refractivity contribution in [3.8, 4) is 0 Å². The van der Waals surface area contributed by atoms with Crippen LogP contribution in [0.5, 0.6) is 0 Å². The lowest BCUT2D eigenvalue weighted by Gasteiger charge is -1.99. The van der Waals surface area contributed by atoms with Gasteiger partial charge in [-0.2, -0.15) is 0 Å². The zero-order chi connectivity index (χ0) is 12.8. The molecule has 0 atom stereocenters. The average Bonchev–Trinajstić information content (AvgIpc) is 2.40. The molecule has 0 saturated carbocycles. The third-order valence-electron chi connectivity index (χ3n) is 2.37. The Balaban J connectivity index is 1.98. The Morgan fingerprint density at radius 3 is 2.56 bits per heavy atom. The first-order chi connectivity index (χ1) is 8.75. The molecule has 0 heterocycles. The summed E-state index contributed by atoms with van der Waals surface area (Å²) in [7, 11) is 0. The van der Waals surface area contributed by atoms with Crippen molar-refractivity contribution in [1.29, 1.82) is 0 Å². The number of hydrogen-bond acceptors (Lipinski definition) is 1. The van der Waals surface area contributed by atoms with Gasteiger partial charge in [0.2, 0.25) is 0 Å². The molecular formula is C15H12FNO. The highest BCUT2D eigenvalue weighted by atomic mass is 19.1. The van der Waals surface area contributed by atoms with Gasteiger partial charge in [0.15, 0.2) is 0 Å². The molecule has 3 heteroatoms. The van der Waals surface area contributed by atoms with Crippen molar-refractivity contribution in [2.45, 2.75) is 0 Å². The quantitative estimate of drug-likeness (QED) is 0.878. The van der Waals surface area contributed by atoms with Crippen molar-refractivity contribution in [3.05, 3.63) is 77.7 Å². The Hall–Kier alpha value is -2.42. The Morgan fingerprint density at radius 2 is 1.83 bits per heavy atom. The predicted molar refractivity (Wildman–Crippen MR) is 69.3 cm³/mol. The van der Waals surface area contributed by atoms with Gasteiger partial charge in [-0.1, -0.05) is 30.3 Å². The van der Waals surface area contributed by atoms with Gasteiger partial charge in [-0.3, -0.25) is 4.79 Å². The summed E-state index contributed by atoms with van der Waals surface area (Å²) in [6, 6.07) is 15.0. The molecular weight excluding hydrogens is 229 g/mol. The minimum absolute atomic E-state index is 0.191. The van der Waals surface area contributed by atoms with Gasteiger partial charge in [0, 0.05) is 11.8 Å². The van der Waals surface area contributed by atoms with Gasteiger partial charge in [0.1, 0.15) is 5.82 Å². The van der Waals surface area contributed by atoms with E-state index < -0.39 is 0 Å². The Morgan fingerprint density at radius 1 is 1.06 bits per heavy atom. The first kappa shape index (κ1) is 12.0. The van der Waals surface area contributed by atoms with Crippen LogP contribution >= 0.6 is 0 Å². The fourth-order valence-corrected chi connectivity index (χ4v) is 1.50. The Kier molecular flexibility index (Phi) is 3.86. The summed E-state index contributed by atoms with van der Waals surface area (Å²) in [6.07, 6.45) is 3.15. The number of amides is 1. The van der Waals surface area contributed by atoms with Crippen LogP contribution in [0.1, 0.15) is 15.9 Å². The molecule has 0 aromatic heterocycles. The van der Waals surface area contributed by atoms with Crippen molar-refractivity contribution in [3.63, 3.8) is 0 Å². The number of hydrogen-bond donors (Lipinski definition) is 1. The van der Waals surface area contributed by atoms with Crippen LogP contribution in [0.2, 0.25) is 0 Å². The minimum atomic E-state index is -0.300. The molecule has 0 spiro atoms. The lowest BCUT2D eigenvalue weighted by atomic mass is 10.2. The van der Waals surface area contributed by atoms with Crippen molar-refractivity contribution >= 4 is 12.0 Å². The van der Waals surface area contributed by atoms with Crippen molar-refractivity contribution < 1.29 is 9.18 Å². The fourth-order valence-electron chi connectivity index (χ4n) is 1.50. The molecule has 0 aliphatic rings. The van der Waals surface area contributed by atoms with E-state index in [1.165, 1.54) is 18.3 Å². The number of benzene rings is 2. The molecule has 0 aliphatic heterocycles. The van der Waals surface area contributed by atoms with E-state index in [2.05, 4.69) is 5.32 Å². The molecule has 1 amide bonds. The van der Waals surface area contributed by atoms with Gasteiger partial charge < -0.3 is 5.32 Å². The first-order valence-corrected chi connectivity index (χ1v) is 5.54. The monoisotopic (exact) mass is 241 g/mol. The van der Waals surface area contributed by atoms with Crippen LogP contribution in [0.25, 0.3) is 6.08 Å². The van der Waals surface area contributed by atoms with Gasteiger partial charge in [-0.15, -0.1) is 0 Å². The third-order valence-corrected chi connectivity index (χ3v) is 2.37. The Bertz CT molecular complexity index is 564. The third kappa shape index (κ3) is 3.28. The lowest BCUT2D eigenvalue weighted by Crippen LogP contribution is -2.16. The summed E-state index contributed by atoms with van der Waals surface area (Å²) in [6.45, 7) is 0. The molecule has 2 rings (SSSR count). The maximum absolute atomic E-state index is 12.9. The summed E-state index contributed by atoms with van der Waals surface area (Å²) < 4.78 is 12.9. The van der Waals surface area contributed by atoms with E-state index in [0.29, 0.717) is 11.1 Å². The molecule has 0 bridgehead atoms. The molecule has 90 valence electrons. The second-order valence-electron chi connectivity index (χ2n) is 3.73. The highest BCUT2D eigenvalue weighted by Crippen LogP contribution is 2.05. The highest BCUT2D eigenvalue weighted by molar-refractivity contribution is 5.95. The maximum atomic E-state index is 12.9. The van der Waals surface area contributed by atoms with Gasteiger partial charge >= 0.3 is 0 Å². The first-order valence-electron chi connectivity index (χ1n) is 5.54. The van der Waals surface area contributed by atoms with E-state index in [-0.39, 0.29) is 11.7 Å². The van der Waals surface area contributed by atoms with Crippen LogP contribution in [-0.4, -0.2) is 5.91 Å². The smallest absolute Gasteiger partial charge is 0.255 e. The molecule has 0 aliphatic carbocycles. The maximum Gasteiger partial charge on any atom is 0.255 e. The number of carbonyl (C=O) groups is 1. The summed E-state index contributed by atoms with van der Waals surface area (Å²) in [5.41, 5.74) is 1.28. The largest absolute Gasteiger partial charge is 0.329 e. The summed E-state index contributed by atoms with van der Waals surface area (Å²) in [5.74, 6) is -0.491. The van der Waals surface area contributed by atoms with E-state index in [1.807, 2.05) is 6.07 Å². The number of rotatable bonds is 3. The van der Waals surface area contributed by atoms with E-state index in [1.54, 1.807) is 42.5 Å². The van der Waals surface area contributed by atoms with Crippen LogP contribution < -0.4 is 5.32 Å². The lowest BCUT2D eigenvalue weighted by molar-refractivity contribution is 0.0970. The van der Waals surface area contributed by atoms with E-state index in [0.717, 1.165) is 0 Å². The zero-order valence-corrected chi connectivity index (χ0v) is 9.64. The summed E-state index contributed by atoms with van der Waals surface area (Å²) in [4.78, 5) is 11.7. The molecule has 1 N–H and O–H groups in total. The molecule has 2 aromatic rings. The molecule has 0 unspecified atom stereocenters. The molecule has 0 saturated heterocycles. The van der Waals surface area contributed by atoms with Crippen LogP contribution in [-0.2, 0) is 0 Å². The average molecular weight is 241 g/mol. The second kappa shape index (κ2) is 5.77. The number of halogens is 1. The van der Waals surface area contributed by atoms with E-state index in [9.17, 15) is 9.18 Å². The van der Waals surface area contributed by atoms with Crippen molar-refractivity contribution in [1.82, 2.24) is 5.32 Å². The standard InChI is InChI=1S/C15H12FNO/c16-14-8-4-5-12(11-14)9-10-17-15(18)13-6-2-1-3-7-13/h1-11H,(H,17,18)/b10-9-. The highest BCUT2D eigenvalue weighted by Gasteiger charge is 2.00. The molecule has 2 aromatic carbocycles. The van der Waals surface area contributed by atoms with Crippen LogP contribution in [0.3, 0.4) is 0 Å². The van der Waals surface area contributed by atoms with Gasteiger partial charge in [0.05, 0.1) is 0 Å². The van der Waals surface area contributed by atoms with E-state index >= 15 is 0 Å². The van der Waals surface area contributed by atoms with Gasteiger partial charge in [-0.05, 0) is 35.9 Å². The SMILES string of the molecule is O=C(N/C=C\c1cccc(F)c1)c1ccccc1. The van der Waals surface area contributed by atoms with Crippen LogP contribution in [0.15, 0.2) is 60.8 Å². The van der Waals surface area contributed by atoms with Crippen molar-refractivity contribution in [2.24, 2.45) is 0 Å². The molecule has 0 radical (unpaired) electrons. The normalized spacial score (nSPS) is 10.5. The van der Waals surface area contributed by atoms with Crippen LogP contribution in [0.4, 0.5) is 4.39 Å². The minimum Gasteiger partial charge on any atom is -0.329 e. The predicted octanol–water partition coefficient (Wildman–Crippen LogP) is 3.23. The molecule has 18 heavy (non-hydrogen) atoms.